The topological polar surface area (TPSA) is 17.1 Å². The van der Waals surface area contributed by atoms with Crippen LogP contribution in [-0.4, -0.2) is 5.78 Å². The number of benzene rings is 2. The van der Waals surface area contributed by atoms with E-state index in [4.69, 9.17) is 0 Å². The van der Waals surface area contributed by atoms with Gasteiger partial charge >= 0.3 is 0 Å². The van der Waals surface area contributed by atoms with Crippen molar-refractivity contribution < 1.29 is 4.79 Å². The summed E-state index contributed by atoms with van der Waals surface area (Å²) in [7, 11) is 0. The van der Waals surface area contributed by atoms with E-state index in [0.29, 0.717) is 12.2 Å². The van der Waals surface area contributed by atoms with Crippen LogP contribution >= 0.6 is 11.8 Å². The smallest absolute Gasteiger partial charge is 0.138 e. The number of carbonyl (C=O) groups excluding carboxylic acids is 1. The minimum Gasteiger partial charge on any atom is -0.299 e. The van der Waals surface area contributed by atoms with Gasteiger partial charge in [-0.05, 0) is 17.5 Å². The number of hydrogen-bond donors (Lipinski definition) is 0. The molecule has 2 aromatic carbocycles. The lowest BCUT2D eigenvalue weighted by Gasteiger charge is -2.35. The summed E-state index contributed by atoms with van der Waals surface area (Å²) >= 11 is 1.95. The first-order valence-electron chi connectivity index (χ1n) is 7.57. The number of thioether (sulfide) groups is 1. The fourth-order valence-electron chi connectivity index (χ4n) is 3.08. The second-order valence-electron chi connectivity index (χ2n) is 5.55. The summed E-state index contributed by atoms with van der Waals surface area (Å²) in [4.78, 5) is 12.6. The van der Waals surface area contributed by atoms with Gasteiger partial charge in [-0.1, -0.05) is 67.6 Å². The van der Waals surface area contributed by atoms with Gasteiger partial charge in [-0.3, -0.25) is 4.79 Å². The van der Waals surface area contributed by atoms with Gasteiger partial charge in [0.15, 0.2) is 0 Å². The van der Waals surface area contributed by atoms with Crippen LogP contribution in [0, 0.1) is 5.92 Å². The first-order valence-corrected chi connectivity index (χ1v) is 8.52. The Morgan fingerprint density at radius 2 is 1.52 bits per heavy atom. The SMILES string of the molecule is CC[C@@H]1C(=O)C[C@@H](c2ccccc2)S[C@H]1c1ccccc1. The first kappa shape index (κ1) is 14.4. The minimum absolute atomic E-state index is 0.150. The van der Waals surface area contributed by atoms with Crippen LogP contribution in [0.2, 0.25) is 0 Å². The van der Waals surface area contributed by atoms with Gasteiger partial charge in [-0.2, -0.15) is 0 Å². The van der Waals surface area contributed by atoms with E-state index in [1.54, 1.807) is 0 Å². The molecule has 0 radical (unpaired) electrons. The molecule has 1 aliphatic heterocycles. The fourth-order valence-corrected chi connectivity index (χ4v) is 4.86. The molecule has 1 aliphatic rings. The Labute approximate surface area is 130 Å². The molecule has 1 saturated heterocycles. The van der Waals surface area contributed by atoms with Gasteiger partial charge in [0.25, 0.3) is 0 Å². The Bertz CT molecular complexity index is 593. The van der Waals surface area contributed by atoms with Gasteiger partial charge in [0.2, 0.25) is 0 Å². The molecule has 21 heavy (non-hydrogen) atoms. The molecule has 3 rings (SSSR count). The number of rotatable bonds is 3. The average molecular weight is 296 g/mol. The largest absolute Gasteiger partial charge is 0.299 e. The number of hydrogen-bond acceptors (Lipinski definition) is 2. The summed E-state index contributed by atoms with van der Waals surface area (Å²) in [5.41, 5.74) is 2.55. The van der Waals surface area contributed by atoms with Crippen LogP contribution in [0.4, 0.5) is 0 Å². The van der Waals surface area contributed by atoms with Gasteiger partial charge in [0.05, 0.1) is 0 Å². The zero-order chi connectivity index (χ0) is 14.7. The maximum atomic E-state index is 12.6. The second kappa shape index (κ2) is 6.48. The maximum Gasteiger partial charge on any atom is 0.138 e. The van der Waals surface area contributed by atoms with E-state index < -0.39 is 0 Å². The molecule has 3 atom stereocenters. The predicted molar refractivity (Wildman–Crippen MR) is 89.4 cm³/mol. The highest BCUT2D eigenvalue weighted by molar-refractivity contribution is 7.99. The summed E-state index contributed by atoms with van der Waals surface area (Å²) in [6.07, 6.45) is 1.59. The lowest BCUT2D eigenvalue weighted by atomic mass is 9.88. The van der Waals surface area contributed by atoms with Crippen LogP contribution in [0.25, 0.3) is 0 Å². The molecular weight excluding hydrogens is 276 g/mol. The van der Waals surface area contributed by atoms with Crippen molar-refractivity contribution in [3.8, 4) is 0 Å². The van der Waals surface area contributed by atoms with Crippen molar-refractivity contribution in [3.63, 3.8) is 0 Å². The van der Waals surface area contributed by atoms with Gasteiger partial charge in [0, 0.05) is 22.8 Å². The van der Waals surface area contributed by atoms with E-state index in [2.05, 4.69) is 55.5 Å². The molecule has 0 saturated carbocycles. The minimum atomic E-state index is 0.150. The number of ketones is 1. The van der Waals surface area contributed by atoms with E-state index in [0.717, 1.165) is 6.42 Å². The molecule has 0 aliphatic carbocycles. The van der Waals surface area contributed by atoms with Crippen molar-refractivity contribution in [2.24, 2.45) is 5.92 Å². The molecule has 0 aromatic heterocycles. The van der Waals surface area contributed by atoms with Crippen LogP contribution in [0.5, 0.6) is 0 Å². The van der Waals surface area contributed by atoms with Crippen molar-refractivity contribution in [2.75, 3.05) is 0 Å². The highest BCUT2D eigenvalue weighted by atomic mass is 32.2. The molecule has 0 spiro atoms. The fraction of sp³-hybridized carbons (Fsp3) is 0.316. The molecular formula is C19H20OS. The van der Waals surface area contributed by atoms with Crippen molar-refractivity contribution in [2.45, 2.75) is 30.3 Å². The van der Waals surface area contributed by atoms with Gasteiger partial charge in [-0.15, -0.1) is 11.8 Å². The molecule has 0 amide bonds. The van der Waals surface area contributed by atoms with Gasteiger partial charge < -0.3 is 0 Å². The van der Waals surface area contributed by atoms with Crippen LogP contribution in [0.15, 0.2) is 60.7 Å². The van der Waals surface area contributed by atoms with Crippen molar-refractivity contribution >= 4 is 17.5 Å². The normalized spacial score (nSPS) is 25.8. The van der Waals surface area contributed by atoms with Crippen LogP contribution in [0.3, 0.4) is 0 Å². The summed E-state index contributed by atoms with van der Waals surface area (Å²) in [5, 5.41) is 0.564. The van der Waals surface area contributed by atoms with E-state index in [9.17, 15) is 4.79 Å². The predicted octanol–water partition coefficient (Wildman–Crippen LogP) is 5.20. The Hall–Kier alpha value is -1.54. The third-order valence-electron chi connectivity index (χ3n) is 4.22. The molecule has 108 valence electrons. The molecule has 2 heteroatoms. The van der Waals surface area contributed by atoms with E-state index in [1.165, 1.54) is 11.1 Å². The van der Waals surface area contributed by atoms with Gasteiger partial charge in [0.1, 0.15) is 5.78 Å². The van der Waals surface area contributed by atoms with Crippen LogP contribution in [-0.2, 0) is 4.79 Å². The lowest BCUT2D eigenvalue weighted by molar-refractivity contribution is -0.123. The summed E-state index contributed by atoms with van der Waals surface area (Å²) in [5.74, 6) is 0.566. The average Bonchev–Trinajstić information content (AvgIpc) is 2.55. The van der Waals surface area contributed by atoms with Crippen molar-refractivity contribution in [1.82, 2.24) is 0 Å². The van der Waals surface area contributed by atoms with E-state index in [1.807, 2.05) is 23.9 Å². The Morgan fingerprint density at radius 3 is 2.10 bits per heavy atom. The summed E-state index contributed by atoms with van der Waals surface area (Å²) in [6.45, 7) is 2.13. The molecule has 1 fully saturated rings. The van der Waals surface area contributed by atoms with Crippen LogP contribution < -0.4 is 0 Å². The highest BCUT2D eigenvalue weighted by Gasteiger charge is 2.37. The zero-order valence-corrected chi connectivity index (χ0v) is 13.1. The van der Waals surface area contributed by atoms with Gasteiger partial charge in [-0.25, -0.2) is 0 Å². The quantitative estimate of drug-likeness (QED) is 0.774. The maximum absolute atomic E-state index is 12.6. The molecule has 2 aromatic rings. The molecule has 0 N–H and O–H groups in total. The molecule has 1 nitrogen and oxygen atoms in total. The highest BCUT2D eigenvalue weighted by Crippen LogP contribution is 2.52. The third kappa shape index (κ3) is 3.06. The van der Waals surface area contributed by atoms with Crippen molar-refractivity contribution in [1.29, 1.82) is 0 Å². The lowest BCUT2D eigenvalue weighted by Crippen LogP contribution is -2.27. The standard InChI is InChI=1S/C19H20OS/c1-2-16-17(20)13-18(14-9-5-3-6-10-14)21-19(16)15-11-7-4-8-12-15/h3-12,16,18-19H,2,13H2,1H3/t16-,18+,19+/m1/s1. The first-order chi connectivity index (χ1) is 10.3. The van der Waals surface area contributed by atoms with Crippen LogP contribution in [0.1, 0.15) is 41.4 Å². The number of Topliss-reactive ketones (excluding diaryl/α,β-unsaturated/α-hetero) is 1. The van der Waals surface area contributed by atoms with E-state index in [-0.39, 0.29) is 16.4 Å². The molecule has 0 unspecified atom stereocenters. The summed E-state index contributed by atoms with van der Waals surface area (Å²) in [6, 6.07) is 20.9. The van der Waals surface area contributed by atoms with Crippen molar-refractivity contribution in [3.05, 3.63) is 71.8 Å². The Morgan fingerprint density at radius 1 is 0.952 bits per heavy atom. The Kier molecular flexibility index (Phi) is 4.45. The zero-order valence-electron chi connectivity index (χ0n) is 12.2. The Balaban J connectivity index is 1.91. The monoisotopic (exact) mass is 296 g/mol. The molecule has 0 bridgehead atoms. The third-order valence-corrected chi connectivity index (χ3v) is 5.88. The molecule has 1 heterocycles. The number of carbonyl (C=O) groups is 1. The second-order valence-corrected chi connectivity index (χ2v) is 6.90. The summed E-state index contributed by atoms with van der Waals surface area (Å²) < 4.78 is 0. The van der Waals surface area contributed by atoms with E-state index >= 15 is 0 Å².